The Balaban J connectivity index is 1.16. The van der Waals surface area contributed by atoms with E-state index in [0.717, 1.165) is 19.6 Å². The van der Waals surface area contributed by atoms with E-state index in [9.17, 15) is 4.79 Å². The third-order valence-electron chi connectivity index (χ3n) is 7.32. The molecule has 1 saturated carbocycles. The number of anilines is 2. The van der Waals surface area contributed by atoms with E-state index in [0.29, 0.717) is 67.0 Å². The summed E-state index contributed by atoms with van der Waals surface area (Å²) in [5, 5.41) is 6.74. The van der Waals surface area contributed by atoms with Crippen LogP contribution in [0.2, 0.25) is 0 Å². The number of morpholine rings is 1. The van der Waals surface area contributed by atoms with Crippen molar-refractivity contribution in [2.45, 2.75) is 6.54 Å². The van der Waals surface area contributed by atoms with E-state index >= 15 is 4.39 Å². The van der Waals surface area contributed by atoms with Crippen LogP contribution in [0.5, 0.6) is 5.06 Å². The highest BCUT2D eigenvalue weighted by molar-refractivity contribution is 7.11. The minimum Gasteiger partial charge on any atom is -0.399 e. The van der Waals surface area contributed by atoms with Crippen molar-refractivity contribution in [2.75, 3.05) is 55.7 Å². The van der Waals surface area contributed by atoms with Crippen molar-refractivity contribution in [1.29, 1.82) is 0 Å². The van der Waals surface area contributed by atoms with Crippen molar-refractivity contribution >= 4 is 40.1 Å². The van der Waals surface area contributed by atoms with E-state index in [1.54, 1.807) is 28.4 Å². The number of ether oxygens (including phenoxy) is 2. The summed E-state index contributed by atoms with van der Waals surface area (Å²) in [6.07, 6.45) is -0.453. The number of halogens is 1. The maximum atomic E-state index is 15.2. The van der Waals surface area contributed by atoms with Gasteiger partial charge in [-0.15, -0.1) is 11.3 Å². The molecule has 3 fully saturated rings. The van der Waals surface area contributed by atoms with Crippen molar-refractivity contribution in [3.8, 4) is 5.06 Å². The molecule has 35 heavy (non-hydrogen) atoms. The molecule has 6 rings (SSSR count). The van der Waals surface area contributed by atoms with Crippen LogP contribution in [-0.2, 0) is 11.3 Å². The number of hydrogen-bond donors (Lipinski definition) is 0. The number of benzene rings is 1. The normalized spacial score (nSPS) is 23.8. The summed E-state index contributed by atoms with van der Waals surface area (Å²) in [4.78, 5) is 19.3. The van der Waals surface area contributed by atoms with Gasteiger partial charge in [-0.2, -0.15) is 11.3 Å². The number of amides is 1. The number of carbonyl (C=O) groups is 1. The largest absolute Gasteiger partial charge is 0.420 e. The van der Waals surface area contributed by atoms with Crippen LogP contribution in [0.25, 0.3) is 0 Å². The van der Waals surface area contributed by atoms with Crippen LogP contribution < -0.4 is 14.5 Å². The Hall–Kier alpha value is -2.46. The van der Waals surface area contributed by atoms with Crippen LogP contribution in [0.15, 0.2) is 52.5 Å². The van der Waals surface area contributed by atoms with Crippen LogP contribution in [0.3, 0.4) is 0 Å². The molecule has 184 valence electrons. The van der Waals surface area contributed by atoms with Crippen LogP contribution in [0.1, 0.15) is 5.56 Å². The molecule has 3 aliphatic rings. The first-order chi connectivity index (χ1) is 17.2. The molecule has 0 N–H and O–H groups in total. The number of rotatable bonds is 7. The number of thiophene rings is 2. The smallest absolute Gasteiger partial charge is 0.399 e. The lowest BCUT2D eigenvalue weighted by atomic mass is 10.2. The van der Waals surface area contributed by atoms with Gasteiger partial charge >= 0.3 is 6.09 Å². The molecule has 2 unspecified atom stereocenters. The molecule has 1 aliphatic carbocycles. The summed E-state index contributed by atoms with van der Waals surface area (Å²) in [6.45, 7) is 6.13. The maximum Gasteiger partial charge on any atom is 0.420 e. The summed E-state index contributed by atoms with van der Waals surface area (Å²) in [7, 11) is 0. The fraction of sp³-hybridized carbons (Fsp3) is 0.423. The molecular formula is C26H28FN3O3S2. The van der Waals surface area contributed by atoms with Gasteiger partial charge in [-0.1, -0.05) is 0 Å². The molecule has 4 heterocycles. The molecule has 2 atom stereocenters. The Bertz CT molecular complexity index is 1140. The average Bonchev–Trinajstić information content (AvgIpc) is 3.41. The number of nitrogens with zero attached hydrogens (tertiary/aromatic N) is 3. The Morgan fingerprint density at radius 1 is 1.14 bits per heavy atom. The van der Waals surface area contributed by atoms with Crippen molar-refractivity contribution < 1.29 is 18.7 Å². The zero-order valence-electron chi connectivity index (χ0n) is 19.3. The van der Waals surface area contributed by atoms with Gasteiger partial charge in [-0.3, -0.25) is 9.80 Å². The molecule has 0 spiro atoms. The van der Waals surface area contributed by atoms with Crippen LogP contribution in [0.4, 0.5) is 20.6 Å². The van der Waals surface area contributed by atoms with E-state index in [1.165, 1.54) is 23.0 Å². The Morgan fingerprint density at radius 2 is 1.97 bits per heavy atom. The summed E-state index contributed by atoms with van der Waals surface area (Å²) >= 11 is 3.11. The lowest BCUT2D eigenvalue weighted by Gasteiger charge is -2.30. The fourth-order valence-electron chi connectivity index (χ4n) is 5.46. The molecule has 9 heteroatoms. The summed E-state index contributed by atoms with van der Waals surface area (Å²) in [5.74, 6) is 1.23. The number of fused-ring (bicyclic) bond motifs is 1. The average molecular weight is 514 g/mol. The quantitative estimate of drug-likeness (QED) is 0.436. The Labute approximate surface area is 212 Å². The molecule has 2 aliphatic heterocycles. The molecule has 3 aromatic rings. The van der Waals surface area contributed by atoms with Crippen LogP contribution in [-0.4, -0.2) is 56.9 Å². The summed E-state index contributed by atoms with van der Waals surface area (Å²) in [5.41, 5.74) is 2.46. The highest BCUT2D eigenvalue weighted by atomic mass is 32.1. The third kappa shape index (κ3) is 4.95. The van der Waals surface area contributed by atoms with E-state index in [4.69, 9.17) is 9.47 Å². The summed E-state index contributed by atoms with van der Waals surface area (Å²) < 4.78 is 26.2. The van der Waals surface area contributed by atoms with Gasteiger partial charge in [-0.05, 0) is 75.9 Å². The number of piperidine rings is 1. The van der Waals surface area contributed by atoms with Crippen molar-refractivity contribution in [1.82, 2.24) is 4.90 Å². The number of hydrogen-bond acceptors (Lipinski definition) is 7. The summed E-state index contributed by atoms with van der Waals surface area (Å²) in [6, 6.07) is 10.9. The predicted molar refractivity (Wildman–Crippen MR) is 137 cm³/mol. The van der Waals surface area contributed by atoms with E-state index in [-0.39, 0.29) is 5.82 Å². The second kappa shape index (κ2) is 9.89. The van der Waals surface area contributed by atoms with Crippen molar-refractivity contribution in [2.24, 2.45) is 17.8 Å². The molecule has 0 bridgehead atoms. The highest BCUT2D eigenvalue weighted by Gasteiger charge is 2.56. The van der Waals surface area contributed by atoms with Gasteiger partial charge in [0.1, 0.15) is 5.82 Å². The highest BCUT2D eigenvalue weighted by Crippen LogP contribution is 2.52. The van der Waals surface area contributed by atoms with Gasteiger partial charge in [-0.25, -0.2) is 9.18 Å². The first-order valence-electron chi connectivity index (χ1n) is 12.0. The van der Waals surface area contributed by atoms with Crippen molar-refractivity contribution in [3.63, 3.8) is 0 Å². The van der Waals surface area contributed by atoms with Gasteiger partial charge < -0.3 is 14.4 Å². The molecule has 1 amide bonds. The Kier molecular flexibility index (Phi) is 6.49. The first kappa shape index (κ1) is 23.0. The fourth-order valence-corrected chi connectivity index (χ4v) is 6.69. The molecular weight excluding hydrogens is 485 g/mol. The second-order valence-electron chi connectivity index (χ2n) is 9.46. The Morgan fingerprint density at radius 3 is 2.66 bits per heavy atom. The zero-order valence-corrected chi connectivity index (χ0v) is 21.0. The standard InChI is InChI=1S/C26H28FN3O3S2/c27-23-12-19(3-4-24(23)29-6-8-32-9-7-29)30(26(31)33-25-2-1-10-35-25)16-22-20-14-28(15-21(20)22)13-18-5-11-34-17-18/h1-5,10-12,17,20-22H,6-9,13-16H2. The molecule has 6 nitrogen and oxygen atoms in total. The minimum absolute atomic E-state index is 0.323. The zero-order chi connectivity index (χ0) is 23.8. The van der Waals surface area contributed by atoms with Crippen molar-refractivity contribution in [3.05, 3.63) is 63.9 Å². The van der Waals surface area contributed by atoms with Gasteiger partial charge in [0.05, 0.1) is 24.6 Å². The molecule has 2 saturated heterocycles. The molecule has 0 radical (unpaired) electrons. The van der Waals surface area contributed by atoms with Gasteiger partial charge in [0.25, 0.3) is 0 Å². The first-order valence-corrected chi connectivity index (χ1v) is 13.9. The topological polar surface area (TPSA) is 45.2 Å². The predicted octanol–water partition coefficient (Wildman–Crippen LogP) is 5.17. The number of carbonyl (C=O) groups excluding carboxylic acids is 1. The SMILES string of the molecule is O=C(Oc1cccs1)N(CC1C2CN(Cc3ccsc3)CC21)c1ccc(N2CCOCC2)c(F)c1. The van der Waals surface area contributed by atoms with Gasteiger partial charge in [0, 0.05) is 39.3 Å². The molecule has 1 aromatic carbocycles. The maximum absolute atomic E-state index is 15.2. The lowest BCUT2D eigenvalue weighted by Crippen LogP contribution is -2.38. The van der Waals surface area contributed by atoms with E-state index < -0.39 is 6.09 Å². The van der Waals surface area contributed by atoms with Crippen LogP contribution >= 0.6 is 22.7 Å². The van der Waals surface area contributed by atoms with Crippen LogP contribution in [0, 0.1) is 23.6 Å². The third-order valence-corrected chi connectivity index (χ3v) is 8.80. The molecule has 2 aromatic heterocycles. The second-order valence-corrected chi connectivity index (χ2v) is 11.2. The lowest BCUT2D eigenvalue weighted by molar-refractivity contribution is 0.122. The van der Waals surface area contributed by atoms with E-state index in [2.05, 4.69) is 21.7 Å². The monoisotopic (exact) mass is 513 g/mol. The number of likely N-dealkylation sites (tertiary alicyclic amines) is 1. The van der Waals surface area contributed by atoms with Gasteiger partial charge in [0.2, 0.25) is 0 Å². The minimum atomic E-state index is -0.453. The van der Waals surface area contributed by atoms with E-state index in [1.807, 2.05) is 22.4 Å². The van der Waals surface area contributed by atoms with Gasteiger partial charge in [0.15, 0.2) is 5.06 Å².